The number of hydrogen-bond acceptors (Lipinski definition) is 3. The fraction of sp³-hybridized carbons (Fsp3) is 0.286. The Bertz CT molecular complexity index is 1030. The summed E-state index contributed by atoms with van der Waals surface area (Å²) in [5, 5.41) is 3.08. The van der Waals surface area contributed by atoms with Crippen LogP contribution in [0.15, 0.2) is 84.9 Å². The van der Waals surface area contributed by atoms with Gasteiger partial charge in [0.15, 0.2) is 0 Å². The molecule has 1 aliphatic heterocycles. The van der Waals surface area contributed by atoms with Crippen molar-refractivity contribution < 1.29 is 14.3 Å². The summed E-state index contributed by atoms with van der Waals surface area (Å²) < 4.78 is 5.67. The maximum absolute atomic E-state index is 12.9. The first-order valence-electron chi connectivity index (χ1n) is 11.6. The predicted octanol–water partition coefficient (Wildman–Crippen LogP) is 4.78. The van der Waals surface area contributed by atoms with Crippen LogP contribution in [0.2, 0.25) is 0 Å². The normalized spacial score (nSPS) is 15.6. The molecular formula is C28H30N2O3. The first kappa shape index (κ1) is 22.6. The third kappa shape index (κ3) is 5.43. The van der Waals surface area contributed by atoms with Crippen molar-refractivity contribution in [2.45, 2.75) is 25.7 Å². The molecule has 3 aromatic carbocycles. The predicted molar refractivity (Wildman–Crippen MR) is 130 cm³/mol. The van der Waals surface area contributed by atoms with Crippen molar-refractivity contribution in [3.8, 4) is 5.75 Å². The zero-order chi connectivity index (χ0) is 23.0. The van der Waals surface area contributed by atoms with Gasteiger partial charge in [-0.05, 0) is 36.6 Å². The van der Waals surface area contributed by atoms with Gasteiger partial charge in [0.25, 0.3) is 0 Å². The monoisotopic (exact) mass is 442 g/mol. The van der Waals surface area contributed by atoms with Gasteiger partial charge in [0.05, 0.1) is 18.2 Å². The Morgan fingerprint density at radius 3 is 2.21 bits per heavy atom. The molecule has 1 unspecified atom stereocenters. The van der Waals surface area contributed by atoms with Crippen LogP contribution >= 0.6 is 0 Å². The average Bonchev–Trinajstić information content (AvgIpc) is 3.25. The minimum Gasteiger partial charge on any atom is -0.492 e. The molecule has 1 saturated heterocycles. The lowest BCUT2D eigenvalue weighted by Crippen LogP contribution is -2.34. The van der Waals surface area contributed by atoms with Gasteiger partial charge in [0.1, 0.15) is 5.75 Å². The van der Waals surface area contributed by atoms with Gasteiger partial charge in [0, 0.05) is 25.4 Å². The SMILES string of the molecule is CCOc1ccccc1N1CC(C(=O)NCCC(c2ccccc2)c2ccccc2)CC1=O. The van der Waals surface area contributed by atoms with Crippen LogP contribution in [-0.2, 0) is 9.59 Å². The Hall–Kier alpha value is -3.60. The lowest BCUT2D eigenvalue weighted by Gasteiger charge is -2.20. The van der Waals surface area contributed by atoms with Crippen molar-refractivity contribution in [1.29, 1.82) is 0 Å². The standard InChI is InChI=1S/C28H30N2O3/c1-2-33-26-16-10-9-15-25(26)30-20-23(19-27(30)31)28(32)29-18-17-24(21-11-5-3-6-12-21)22-13-7-4-8-14-22/h3-16,23-24H,2,17-20H2,1H3,(H,29,32). The van der Waals surface area contributed by atoms with Gasteiger partial charge in [-0.2, -0.15) is 0 Å². The fourth-order valence-electron chi connectivity index (χ4n) is 4.45. The first-order chi connectivity index (χ1) is 16.2. The van der Waals surface area contributed by atoms with E-state index >= 15 is 0 Å². The number of carbonyl (C=O) groups excluding carboxylic acids is 2. The van der Waals surface area contributed by atoms with Crippen LogP contribution in [-0.4, -0.2) is 31.5 Å². The summed E-state index contributed by atoms with van der Waals surface area (Å²) in [4.78, 5) is 27.3. The van der Waals surface area contributed by atoms with E-state index in [1.165, 1.54) is 11.1 Å². The Balaban J connectivity index is 1.38. The summed E-state index contributed by atoms with van der Waals surface area (Å²) >= 11 is 0. The van der Waals surface area contributed by atoms with Crippen molar-refractivity contribution in [3.05, 3.63) is 96.1 Å². The Morgan fingerprint density at radius 2 is 1.58 bits per heavy atom. The molecule has 2 amide bonds. The highest BCUT2D eigenvalue weighted by Gasteiger charge is 2.36. The summed E-state index contributed by atoms with van der Waals surface area (Å²) in [5.41, 5.74) is 3.19. The Morgan fingerprint density at radius 1 is 0.970 bits per heavy atom. The van der Waals surface area contributed by atoms with Crippen LogP contribution in [0.4, 0.5) is 5.69 Å². The summed E-state index contributed by atoms with van der Waals surface area (Å²) in [6.07, 6.45) is 1.00. The third-order valence-corrected chi connectivity index (χ3v) is 6.09. The number of nitrogens with zero attached hydrogens (tertiary/aromatic N) is 1. The van der Waals surface area contributed by atoms with Gasteiger partial charge in [0.2, 0.25) is 11.8 Å². The number of nitrogens with one attached hydrogen (secondary N) is 1. The van der Waals surface area contributed by atoms with Crippen molar-refractivity contribution >= 4 is 17.5 Å². The molecule has 1 N–H and O–H groups in total. The zero-order valence-corrected chi connectivity index (χ0v) is 18.9. The second kappa shape index (κ2) is 10.8. The largest absolute Gasteiger partial charge is 0.492 e. The van der Waals surface area contributed by atoms with Crippen LogP contribution in [0.3, 0.4) is 0 Å². The molecule has 0 aromatic heterocycles. The number of benzene rings is 3. The second-order valence-electron chi connectivity index (χ2n) is 8.26. The highest BCUT2D eigenvalue weighted by molar-refractivity contribution is 6.01. The van der Waals surface area contributed by atoms with Gasteiger partial charge >= 0.3 is 0 Å². The molecule has 5 nitrogen and oxygen atoms in total. The van der Waals surface area contributed by atoms with Crippen LogP contribution in [0.25, 0.3) is 0 Å². The van der Waals surface area contributed by atoms with E-state index < -0.39 is 0 Å². The Labute approximate surface area is 195 Å². The molecule has 170 valence electrons. The number of hydrogen-bond donors (Lipinski definition) is 1. The first-order valence-corrected chi connectivity index (χ1v) is 11.6. The molecular weight excluding hydrogens is 412 g/mol. The molecule has 4 rings (SSSR count). The fourth-order valence-corrected chi connectivity index (χ4v) is 4.45. The number of anilines is 1. The van der Waals surface area contributed by atoms with Gasteiger partial charge in [-0.25, -0.2) is 0 Å². The van der Waals surface area contributed by atoms with Crippen molar-refractivity contribution in [2.24, 2.45) is 5.92 Å². The van der Waals surface area contributed by atoms with Gasteiger partial charge in [-0.1, -0.05) is 72.8 Å². The molecule has 0 radical (unpaired) electrons. The molecule has 1 fully saturated rings. The van der Waals surface area contributed by atoms with Crippen LogP contribution in [0.1, 0.15) is 36.8 Å². The van der Waals surface area contributed by atoms with E-state index in [4.69, 9.17) is 4.74 Å². The lowest BCUT2D eigenvalue weighted by molar-refractivity contribution is -0.126. The molecule has 0 aliphatic carbocycles. The van der Waals surface area contributed by atoms with Gasteiger partial charge in [-0.3, -0.25) is 9.59 Å². The molecule has 3 aromatic rings. The van der Waals surface area contributed by atoms with Gasteiger partial charge < -0.3 is 15.0 Å². The molecule has 1 heterocycles. The van der Waals surface area contributed by atoms with Crippen LogP contribution < -0.4 is 15.0 Å². The number of carbonyl (C=O) groups is 2. The van der Waals surface area contributed by atoms with E-state index in [2.05, 4.69) is 29.6 Å². The topological polar surface area (TPSA) is 58.6 Å². The van der Waals surface area contributed by atoms with E-state index in [-0.39, 0.29) is 30.1 Å². The third-order valence-electron chi connectivity index (χ3n) is 6.09. The van der Waals surface area contributed by atoms with E-state index in [9.17, 15) is 9.59 Å². The highest BCUT2D eigenvalue weighted by atomic mass is 16.5. The summed E-state index contributed by atoms with van der Waals surface area (Å²) in [6.45, 7) is 3.35. The average molecular weight is 443 g/mol. The quantitative estimate of drug-likeness (QED) is 0.519. The van der Waals surface area contributed by atoms with Gasteiger partial charge in [-0.15, -0.1) is 0 Å². The minimum atomic E-state index is -0.362. The maximum atomic E-state index is 12.9. The zero-order valence-electron chi connectivity index (χ0n) is 18.9. The highest BCUT2D eigenvalue weighted by Crippen LogP contribution is 2.33. The van der Waals surface area contributed by atoms with Crippen molar-refractivity contribution in [3.63, 3.8) is 0 Å². The number of para-hydroxylation sites is 2. The molecule has 0 saturated carbocycles. The number of amides is 2. The lowest BCUT2D eigenvalue weighted by atomic mass is 9.88. The number of rotatable bonds is 9. The van der Waals surface area contributed by atoms with E-state index in [1.54, 1.807) is 4.90 Å². The van der Waals surface area contributed by atoms with E-state index in [1.807, 2.05) is 67.6 Å². The van der Waals surface area contributed by atoms with E-state index in [0.717, 1.165) is 12.1 Å². The molecule has 1 aliphatic rings. The molecule has 5 heteroatoms. The van der Waals surface area contributed by atoms with Crippen molar-refractivity contribution in [2.75, 3.05) is 24.6 Å². The Kier molecular flexibility index (Phi) is 7.40. The maximum Gasteiger partial charge on any atom is 0.227 e. The molecule has 0 spiro atoms. The summed E-state index contributed by atoms with van der Waals surface area (Å²) in [6, 6.07) is 28.2. The second-order valence-corrected chi connectivity index (χ2v) is 8.26. The minimum absolute atomic E-state index is 0.0475. The number of ether oxygens (including phenoxy) is 1. The molecule has 1 atom stereocenters. The van der Waals surface area contributed by atoms with Crippen molar-refractivity contribution in [1.82, 2.24) is 5.32 Å². The summed E-state index contributed by atoms with van der Waals surface area (Å²) in [5.74, 6) is 0.392. The van der Waals surface area contributed by atoms with Crippen LogP contribution in [0, 0.1) is 5.92 Å². The summed E-state index contributed by atoms with van der Waals surface area (Å²) in [7, 11) is 0. The molecule has 0 bridgehead atoms. The molecule has 33 heavy (non-hydrogen) atoms. The smallest absolute Gasteiger partial charge is 0.227 e. The van der Waals surface area contributed by atoms with Crippen LogP contribution in [0.5, 0.6) is 5.75 Å². The van der Waals surface area contributed by atoms with E-state index in [0.29, 0.717) is 25.4 Å².